The molecule has 26 heavy (non-hydrogen) atoms. The van der Waals surface area contributed by atoms with Crippen molar-refractivity contribution in [2.75, 3.05) is 31.1 Å². The Hall–Kier alpha value is -2.19. The van der Waals surface area contributed by atoms with Crippen molar-refractivity contribution in [1.29, 1.82) is 0 Å². The van der Waals surface area contributed by atoms with Crippen LogP contribution in [0.15, 0.2) is 47.4 Å². The molecule has 1 aromatic heterocycles. The molecule has 0 aliphatic carbocycles. The number of anilines is 1. The van der Waals surface area contributed by atoms with Gasteiger partial charge in [0.2, 0.25) is 16.0 Å². The van der Waals surface area contributed by atoms with Gasteiger partial charge < -0.3 is 9.64 Å². The summed E-state index contributed by atoms with van der Waals surface area (Å²) in [4.78, 5) is 6.06. The van der Waals surface area contributed by atoms with Gasteiger partial charge in [-0.05, 0) is 50.2 Å². The van der Waals surface area contributed by atoms with Crippen LogP contribution < -0.4 is 9.64 Å². The highest BCUT2D eigenvalue weighted by Gasteiger charge is 2.32. The molecule has 3 rings (SSSR count). The summed E-state index contributed by atoms with van der Waals surface area (Å²) in [7, 11) is -3.58. The Morgan fingerprint density at radius 3 is 2.54 bits per heavy atom. The van der Waals surface area contributed by atoms with Crippen molar-refractivity contribution >= 4 is 15.8 Å². The number of sulfonamides is 1. The van der Waals surface area contributed by atoms with E-state index in [1.54, 1.807) is 36.4 Å². The molecular formula is C18H22FN3O3S. The van der Waals surface area contributed by atoms with Crippen molar-refractivity contribution in [3.05, 3.63) is 48.4 Å². The molecule has 8 heteroatoms. The van der Waals surface area contributed by atoms with Crippen molar-refractivity contribution in [3.8, 4) is 5.75 Å². The Bertz CT molecular complexity index is 858. The number of benzene rings is 1. The van der Waals surface area contributed by atoms with Crippen molar-refractivity contribution in [3.63, 3.8) is 0 Å². The van der Waals surface area contributed by atoms with Crippen molar-refractivity contribution in [2.24, 2.45) is 0 Å². The molecule has 140 valence electrons. The first kappa shape index (κ1) is 18.6. The number of aromatic nitrogens is 1. The van der Waals surface area contributed by atoms with Gasteiger partial charge in [0.05, 0.1) is 11.5 Å². The number of hydrogen-bond donors (Lipinski definition) is 0. The summed E-state index contributed by atoms with van der Waals surface area (Å²) in [6.45, 7) is 5.39. The maximum Gasteiger partial charge on any atom is 0.243 e. The van der Waals surface area contributed by atoms with E-state index in [-0.39, 0.29) is 10.9 Å². The molecule has 2 heterocycles. The van der Waals surface area contributed by atoms with Crippen LogP contribution in [0.3, 0.4) is 0 Å². The zero-order valence-corrected chi connectivity index (χ0v) is 15.6. The number of piperazine rings is 1. The molecule has 2 aromatic rings. The molecule has 0 spiro atoms. The predicted molar refractivity (Wildman–Crippen MR) is 97.4 cm³/mol. The summed E-state index contributed by atoms with van der Waals surface area (Å²) in [6.07, 6.45) is 0. The van der Waals surface area contributed by atoms with Gasteiger partial charge in [-0.15, -0.1) is 0 Å². The summed E-state index contributed by atoms with van der Waals surface area (Å²) in [5.74, 6) is 0.622. The Kier molecular flexibility index (Phi) is 5.43. The van der Waals surface area contributed by atoms with Crippen LogP contribution in [0.4, 0.5) is 10.2 Å². The molecule has 1 aliphatic rings. The molecular weight excluding hydrogens is 357 g/mol. The second-order valence-corrected chi connectivity index (χ2v) is 8.07. The van der Waals surface area contributed by atoms with Gasteiger partial charge in [0.25, 0.3) is 0 Å². The fourth-order valence-electron chi connectivity index (χ4n) is 3.06. The van der Waals surface area contributed by atoms with Crippen LogP contribution in [0.25, 0.3) is 0 Å². The lowest BCUT2D eigenvalue weighted by molar-refractivity contribution is 0.338. The van der Waals surface area contributed by atoms with Crippen LogP contribution in [0.1, 0.15) is 13.8 Å². The molecule has 0 bridgehead atoms. The van der Waals surface area contributed by atoms with Crippen molar-refractivity contribution in [2.45, 2.75) is 24.8 Å². The topological polar surface area (TPSA) is 62.7 Å². The van der Waals surface area contributed by atoms with E-state index in [1.165, 1.54) is 10.4 Å². The Morgan fingerprint density at radius 1 is 1.19 bits per heavy atom. The van der Waals surface area contributed by atoms with Gasteiger partial charge in [0, 0.05) is 25.7 Å². The average Bonchev–Trinajstić information content (AvgIpc) is 2.62. The van der Waals surface area contributed by atoms with Crippen LogP contribution in [0.5, 0.6) is 5.75 Å². The van der Waals surface area contributed by atoms with E-state index in [2.05, 4.69) is 4.98 Å². The lowest BCUT2D eigenvalue weighted by Crippen LogP contribution is -2.53. The van der Waals surface area contributed by atoms with Gasteiger partial charge in [-0.3, -0.25) is 0 Å². The maximum absolute atomic E-state index is 13.4. The standard InChI is InChI=1S/C18H22FN3O3S/c1-3-25-15-7-9-16(10-8-15)26(23,24)21-11-12-22(14(2)13-21)18-6-4-5-17(19)20-18/h4-10,14H,3,11-13H2,1-2H3. The van der Waals surface area contributed by atoms with Crippen LogP contribution >= 0.6 is 0 Å². The first-order valence-corrected chi connectivity index (χ1v) is 9.98. The smallest absolute Gasteiger partial charge is 0.243 e. The van der Waals surface area contributed by atoms with Gasteiger partial charge in [-0.1, -0.05) is 6.07 Å². The van der Waals surface area contributed by atoms with E-state index >= 15 is 0 Å². The second kappa shape index (κ2) is 7.59. The number of hydrogen-bond acceptors (Lipinski definition) is 5. The van der Waals surface area contributed by atoms with Crippen LogP contribution in [0, 0.1) is 5.95 Å². The van der Waals surface area contributed by atoms with Gasteiger partial charge in [0.1, 0.15) is 11.6 Å². The maximum atomic E-state index is 13.4. The molecule has 0 N–H and O–H groups in total. The molecule has 0 radical (unpaired) electrons. The highest BCUT2D eigenvalue weighted by molar-refractivity contribution is 7.89. The Balaban J connectivity index is 1.74. The molecule has 0 amide bonds. The minimum atomic E-state index is -3.58. The van der Waals surface area contributed by atoms with Crippen LogP contribution in [-0.4, -0.2) is 50.0 Å². The third-order valence-corrected chi connectivity index (χ3v) is 6.24. The van der Waals surface area contributed by atoms with Gasteiger partial charge in [-0.25, -0.2) is 13.4 Å². The number of ether oxygens (including phenoxy) is 1. The van der Waals surface area contributed by atoms with Crippen LogP contribution in [0.2, 0.25) is 0 Å². The van der Waals surface area contributed by atoms with Crippen LogP contribution in [-0.2, 0) is 10.0 Å². The van der Waals surface area contributed by atoms with E-state index in [0.29, 0.717) is 37.8 Å². The highest BCUT2D eigenvalue weighted by atomic mass is 32.2. The minimum Gasteiger partial charge on any atom is -0.494 e. The number of nitrogens with zero attached hydrogens (tertiary/aromatic N) is 3. The van der Waals surface area contributed by atoms with Gasteiger partial charge in [0.15, 0.2) is 0 Å². The Labute approximate surface area is 153 Å². The zero-order chi connectivity index (χ0) is 18.7. The molecule has 1 saturated heterocycles. The monoisotopic (exact) mass is 379 g/mol. The predicted octanol–water partition coefficient (Wildman–Crippen LogP) is 2.52. The van der Waals surface area contributed by atoms with E-state index in [1.807, 2.05) is 18.7 Å². The fourth-order valence-corrected chi connectivity index (χ4v) is 4.58. The molecule has 1 aliphatic heterocycles. The SMILES string of the molecule is CCOc1ccc(S(=O)(=O)N2CCN(c3cccc(F)n3)C(C)C2)cc1. The summed E-state index contributed by atoms with van der Waals surface area (Å²) < 4.78 is 46.0. The lowest BCUT2D eigenvalue weighted by Gasteiger charge is -2.39. The molecule has 1 aromatic carbocycles. The zero-order valence-electron chi connectivity index (χ0n) is 14.8. The first-order valence-electron chi connectivity index (χ1n) is 8.54. The summed E-state index contributed by atoms with van der Waals surface area (Å²) in [5, 5.41) is 0. The van der Waals surface area contributed by atoms with Crippen molar-refractivity contribution < 1.29 is 17.5 Å². The normalized spacial score (nSPS) is 18.7. The number of pyridine rings is 1. The third kappa shape index (κ3) is 3.81. The Morgan fingerprint density at radius 2 is 1.92 bits per heavy atom. The third-order valence-electron chi connectivity index (χ3n) is 4.36. The lowest BCUT2D eigenvalue weighted by atomic mass is 10.2. The summed E-state index contributed by atoms with van der Waals surface area (Å²) in [6, 6.07) is 11.0. The fraction of sp³-hybridized carbons (Fsp3) is 0.389. The van der Waals surface area contributed by atoms with E-state index in [9.17, 15) is 12.8 Å². The molecule has 1 fully saturated rings. The largest absolute Gasteiger partial charge is 0.494 e. The first-order chi connectivity index (χ1) is 12.4. The van der Waals surface area contributed by atoms with Gasteiger partial charge >= 0.3 is 0 Å². The average molecular weight is 379 g/mol. The minimum absolute atomic E-state index is 0.115. The molecule has 6 nitrogen and oxygen atoms in total. The van der Waals surface area contributed by atoms with Crippen molar-refractivity contribution in [1.82, 2.24) is 9.29 Å². The van der Waals surface area contributed by atoms with E-state index in [4.69, 9.17) is 4.74 Å². The second-order valence-electron chi connectivity index (χ2n) is 6.13. The van der Waals surface area contributed by atoms with E-state index in [0.717, 1.165) is 0 Å². The van der Waals surface area contributed by atoms with E-state index < -0.39 is 16.0 Å². The quantitative estimate of drug-likeness (QED) is 0.747. The number of halogens is 1. The molecule has 1 unspecified atom stereocenters. The molecule has 1 atom stereocenters. The van der Waals surface area contributed by atoms with Gasteiger partial charge in [-0.2, -0.15) is 8.70 Å². The molecule has 0 saturated carbocycles. The highest BCUT2D eigenvalue weighted by Crippen LogP contribution is 2.24. The summed E-state index contributed by atoms with van der Waals surface area (Å²) >= 11 is 0. The number of rotatable bonds is 5. The summed E-state index contributed by atoms with van der Waals surface area (Å²) in [5.41, 5.74) is 0.